The summed E-state index contributed by atoms with van der Waals surface area (Å²) in [4.78, 5) is 24.6. The number of hydrogen-bond donors (Lipinski definition) is 2. The third-order valence-corrected chi connectivity index (χ3v) is 5.57. The van der Waals surface area contributed by atoms with Crippen molar-refractivity contribution < 1.29 is 27.5 Å². The fraction of sp³-hybridized carbons (Fsp3) is 0.273. The second-order valence-electron chi connectivity index (χ2n) is 7.01. The van der Waals surface area contributed by atoms with Crippen molar-refractivity contribution in [1.29, 1.82) is 0 Å². The predicted octanol–water partition coefficient (Wildman–Crippen LogP) is 4.24. The van der Waals surface area contributed by atoms with Gasteiger partial charge in [0.2, 0.25) is 11.8 Å². The molecule has 0 fully saturated rings. The zero-order valence-electron chi connectivity index (χ0n) is 18.3. The monoisotopic (exact) mass is 493 g/mol. The Labute approximate surface area is 197 Å². The Hall–Kier alpha value is -3.54. The molecule has 0 saturated carbocycles. The number of ether oxygens (including phenoxy) is 1. The Morgan fingerprint density at radius 2 is 1.74 bits per heavy atom. The van der Waals surface area contributed by atoms with Crippen LogP contribution in [-0.4, -0.2) is 39.4 Å². The molecule has 0 aliphatic rings. The molecule has 12 heteroatoms. The van der Waals surface area contributed by atoms with Gasteiger partial charge in [0.15, 0.2) is 5.16 Å². The third-order valence-electron chi connectivity index (χ3n) is 4.61. The van der Waals surface area contributed by atoms with Gasteiger partial charge in [0, 0.05) is 17.9 Å². The maximum Gasteiger partial charge on any atom is 0.416 e. The molecular formula is C22H22F3N5O3S. The van der Waals surface area contributed by atoms with Crippen molar-refractivity contribution >= 4 is 35.0 Å². The van der Waals surface area contributed by atoms with Crippen molar-refractivity contribution in [3.05, 3.63) is 59.9 Å². The summed E-state index contributed by atoms with van der Waals surface area (Å²) >= 11 is 1.07. The van der Waals surface area contributed by atoms with E-state index in [0.29, 0.717) is 29.0 Å². The zero-order valence-corrected chi connectivity index (χ0v) is 19.2. The lowest BCUT2D eigenvalue weighted by Crippen LogP contribution is -2.18. The van der Waals surface area contributed by atoms with Crippen LogP contribution in [0.3, 0.4) is 0 Å². The number of thioether (sulfide) groups is 1. The number of methoxy groups -OCH3 is 1. The number of rotatable bonds is 9. The molecule has 3 rings (SSSR count). The molecule has 0 radical (unpaired) electrons. The molecule has 0 spiro atoms. The summed E-state index contributed by atoms with van der Waals surface area (Å²) in [5, 5.41) is 13.7. The Kier molecular flexibility index (Phi) is 8.16. The van der Waals surface area contributed by atoms with Gasteiger partial charge in [0.25, 0.3) is 0 Å². The second kappa shape index (κ2) is 11.1. The van der Waals surface area contributed by atoms with Crippen LogP contribution in [0.1, 0.15) is 18.3 Å². The number of nitrogens with zero attached hydrogens (tertiary/aromatic N) is 3. The van der Waals surface area contributed by atoms with Crippen LogP contribution in [0.2, 0.25) is 0 Å². The molecule has 0 aliphatic heterocycles. The van der Waals surface area contributed by atoms with Crippen molar-refractivity contribution in [2.75, 3.05) is 23.5 Å². The summed E-state index contributed by atoms with van der Waals surface area (Å²) in [6.45, 7) is 2.32. The Morgan fingerprint density at radius 1 is 1.03 bits per heavy atom. The molecule has 0 unspecified atom stereocenters. The molecule has 2 N–H and O–H groups in total. The summed E-state index contributed by atoms with van der Waals surface area (Å²) in [5.41, 5.74) is -0.191. The largest absolute Gasteiger partial charge is 0.497 e. The van der Waals surface area contributed by atoms with Crippen LogP contribution in [0.4, 0.5) is 24.5 Å². The summed E-state index contributed by atoms with van der Waals surface area (Å²) in [7, 11) is 1.55. The minimum Gasteiger partial charge on any atom is -0.497 e. The van der Waals surface area contributed by atoms with Crippen LogP contribution in [-0.2, 0) is 28.7 Å². The maximum absolute atomic E-state index is 12.8. The smallest absolute Gasteiger partial charge is 0.416 e. The van der Waals surface area contributed by atoms with Crippen molar-refractivity contribution in [2.24, 2.45) is 0 Å². The van der Waals surface area contributed by atoms with E-state index in [-0.39, 0.29) is 23.8 Å². The molecule has 8 nitrogen and oxygen atoms in total. The van der Waals surface area contributed by atoms with Crippen LogP contribution < -0.4 is 15.4 Å². The zero-order chi connectivity index (χ0) is 24.7. The number of halogens is 3. The van der Waals surface area contributed by atoms with Crippen LogP contribution in [0.15, 0.2) is 53.7 Å². The average Bonchev–Trinajstić information content (AvgIpc) is 3.19. The fourth-order valence-electron chi connectivity index (χ4n) is 3.00. The fourth-order valence-corrected chi connectivity index (χ4v) is 3.82. The highest BCUT2D eigenvalue weighted by atomic mass is 32.2. The van der Waals surface area contributed by atoms with E-state index in [1.807, 2.05) is 6.92 Å². The van der Waals surface area contributed by atoms with E-state index in [4.69, 9.17) is 4.74 Å². The molecular weight excluding hydrogens is 471 g/mol. The number of nitrogens with one attached hydrogen (secondary N) is 2. The van der Waals surface area contributed by atoms with Gasteiger partial charge >= 0.3 is 6.18 Å². The van der Waals surface area contributed by atoms with E-state index < -0.39 is 17.6 Å². The van der Waals surface area contributed by atoms with Gasteiger partial charge in [-0.25, -0.2) is 0 Å². The molecule has 1 aromatic heterocycles. The van der Waals surface area contributed by atoms with Crippen LogP contribution in [0.25, 0.3) is 0 Å². The van der Waals surface area contributed by atoms with E-state index in [0.717, 1.165) is 23.9 Å². The molecule has 0 bridgehead atoms. The normalized spacial score (nSPS) is 11.2. The number of carbonyl (C=O) groups is 2. The summed E-state index contributed by atoms with van der Waals surface area (Å²) in [5.74, 6) is 0.226. The number of carbonyl (C=O) groups excluding carboxylic acids is 2. The Morgan fingerprint density at radius 3 is 2.38 bits per heavy atom. The number of hydrogen-bond acceptors (Lipinski definition) is 6. The lowest BCUT2D eigenvalue weighted by atomic mass is 10.2. The lowest BCUT2D eigenvalue weighted by molar-refractivity contribution is -0.137. The Bertz CT molecular complexity index is 1150. The molecule has 0 saturated heterocycles. The summed E-state index contributed by atoms with van der Waals surface area (Å²) < 4.78 is 45.3. The van der Waals surface area contributed by atoms with Gasteiger partial charge in [-0.15, -0.1) is 10.2 Å². The van der Waals surface area contributed by atoms with Gasteiger partial charge in [-0.2, -0.15) is 13.2 Å². The van der Waals surface area contributed by atoms with Gasteiger partial charge in [-0.05, 0) is 49.4 Å². The molecule has 1 heterocycles. The summed E-state index contributed by atoms with van der Waals surface area (Å²) in [6.07, 6.45) is -4.52. The number of alkyl halides is 3. The number of benzene rings is 2. The number of aromatic nitrogens is 3. The van der Waals surface area contributed by atoms with Crippen molar-refractivity contribution in [2.45, 2.75) is 31.2 Å². The van der Waals surface area contributed by atoms with E-state index in [2.05, 4.69) is 20.8 Å². The van der Waals surface area contributed by atoms with Crippen LogP contribution >= 0.6 is 11.8 Å². The number of anilines is 2. The molecule has 2 aromatic carbocycles. The molecule has 34 heavy (non-hydrogen) atoms. The minimum absolute atomic E-state index is 0.0239. The highest BCUT2D eigenvalue weighted by molar-refractivity contribution is 7.99. The first-order chi connectivity index (χ1) is 16.2. The van der Waals surface area contributed by atoms with Crippen LogP contribution in [0, 0.1) is 0 Å². The average molecular weight is 494 g/mol. The van der Waals surface area contributed by atoms with E-state index in [9.17, 15) is 22.8 Å². The first-order valence-corrected chi connectivity index (χ1v) is 11.1. The van der Waals surface area contributed by atoms with Gasteiger partial charge in [-0.3, -0.25) is 9.59 Å². The maximum atomic E-state index is 12.8. The molecule has 0 aliphatic carbocycles. The first-order valence-electron chi connectivity index (χ1n) is 10.2. The van der Waals surface area contributed by atoms with E-state index in [1.165, 1.54) is 12.1 Å². The molecule has 3 aromatic rings. The first kappa shape index (κ1) is 25.1. The molecule has 0 atom stereocenters. The highest BCUT2D eigenvalue weighted by Crippen LogP contribution is 2.30. The third kappa shape index (κ3) is 6.73. The Balaban J connectivity index is 1.57. The second-order valence-corrected chi connectivity index (χ2v) is 7.95. The minimum atomic E-state index is -4.50. The predicted molar refractivity (Wildman–Crippen MR) is 122 cm³/mol. The van der Waals surface area contributed by atoms with Gasteiger partial charge < -0.3 is 19.9 Å². The van der Waals surface area contributed by atoms with Crippen LogP contribution in [0.5, 0.6) is 5.75 Å². The van der Waals surface area contributed by atoms with E-state index >= 15 is 0 Å². The SMILES string of the molecule is CCn1c(CC(=O)Nc2ccc(OC)cc2)nnc1SCC(=O)Nc1cccc(C(F)(F)F)c1. The standard InChI is InChI=1S/C22H22F3N5O3S/c1-3-30-18(12-19(31)26-15-7-9-17(33-2)10-8-15)28-29-21(30)34-13-20(32)27-16-6-4-5-14(11-16)22(23,24)25/h4-11H,3,12-13H2,1-2H3,(H,26,31)(H,27,32). The lowest BCUT2D eigenvalue weighted by Gasteiger charge is -2.10. The van der Waals surface area contributed by atoms with E-state index in [1.54, 1.807) is 35.9 Å². The van der Waals surface area contributed by atoms with Gasteiger partial charge in [0.1, 0.15) is 11.6 Å². The molecule has 180 valence electrons. The molecule has 2 amide bonds. The van der Waals surface area contributed by atoms with Crippen molar-refractivity contribution in [3.8, 4) is 5.75 Å². The topological polar surface area (TPSA) is 98.1 Å². The number of amides is 2. The van der Waals surface area contributed by atoms with Gasteiger partial charge in [-0.1, -0.05) is 17.8 Å². The van der Waals surface area contributed by atoms with Crippen molar-refractivity contribution in [3.63, 3.8) is 0 Å². The highest BCUT2D eigenvalue weighted by Gasteiger charge is 2.30. The quantitative estimate of drug-likeness (QED) is 0.433. The van der Waals surface area contributed by atoms with Crippen molar-refractivity contribution in [1.82, 2.24) is 14.8 Å². The van der Waals surface area contributed by atoms with Gasteiger partial charge in [0.05, 0.1) is 24.8 Å². The summed E-state index contributed by atoms with van der Waals surface area (Å²) in [6, 6.07) is 11.3.